The van der Waals surface area contributed by atoms with Crippen LogP contribution in [0, 0.1) is 5.92 Å². The van der Waals surface area contributed by atoms with Gasteiger partial charge in [-0.05, 0) is 27.7 Å². The van der Waals surface area contributed by atoms with Gasteiger partial charge in [0.25, 0.3) is 0 Å². The van der Waals surface area contributed by atoms with Gasteiger partial charge in [-0.3, -0.25) is 4.79 Å². The summed E-state index contributed by atoms with van der Waals surface area (Å²) in [6, 6.07) is -1.07. The molecule has 0 radical (unpaired) electrons. The third-order valence-corrected chi connectivity index (χ3v) is 10.2. The summed E-state index contributed by atoms with van der Waals surface area (Å²) in [7, 11) is 0. The third kappa shape index (κ3) is 1.80. The Labute approximate surface area is 170 Å². The molecule has 0 spiro atoms. The topological polar surface area (TPSA) is 132 Å². The van der Waals surface area contributed by atoms with Crippen LogP contribution in [-0.4, -0.2) is 87.0 Å². The van der Waals surface area contributed by atoms with Crippen molar-refractivity contribution in [2.75, 3.05) is 6.73 Å². The Morgan fingerprint density at radius 3 is 2.25 bits per heavy atom. The molecule has 0 saturated carbocycles. The molecule has 9 nitrogen and oxygen atoms in total. The summed E-state index contributed by atoms with van der Waals surface area (Å²) in [6.45, 7) is 6.13. The highest BCUT2D eigenvalue weighted by Crippen LogP contribution is 2.69. The molecule has 4 fully saturated rings. The predicted molar refractivity (Wildman–Crippen MR) is 100 cm³/mol. The lowest BCUT2D eigenvalue weighted by Crippen LogP contribution is -2.87. The predicted octanol–water partition coefficient (Wildman–Crippen LogP) is 0.121. The number of rotatable bonds is 4. The molecular weight excluding hydrogens is 408 g/mol. The second kappa shape index (κ2) is 5.44. The van der Waals surface area contributed by atoms with E-state index in [-0.39, 0.29) is 6.42 Å². The zero-order valence-corrected chi connectivity index (χ0v) is 17.5. The van der Waals surface area contributed by atoms with Gasteiger partial charge in [0.15, 0.2) is 12.1 Å². The van der Waals surface area contributed by atoms with E-state index in [1.54, 1.807) is 27.7 Å². The Hall–Kier alpha value is -1.30. The number of nitrogens with zero attached hydrogens (tertiary/aromatic N) is 2. The van der Waals surface area contributed by atoms with Crippen molar-refractivity contribution in [1.82, 2.24) is 4.90 Å². The number of carbonyl (C=O) groups is 4. The molecule has 3 N–H and O–H groups in total. The van der Waals surface area contributed by atoms with Gasteiger partial charge >= 0.3 is 17.8 Å². The minimum atomic E-state index is -1.86. The van der Waals surface area contributed by atoms with Crippen LogP contribution in [0.1, 0.15) is 34.1 Å². The Morgan fingerprint density at radius 2 is 1.79 bits per heavy atom. The number of hydrogen-bond donors (Lipinski definition) is 3. The Balaban J connectivity index is 1.89. The summed E-state index contributed by atoms with van der Waals surface area (Å²) < 4.78 is -2.49. The van der Waals surface area contributed by atoms with Gasteiger partial charge in [0, 0.05) is 4.75 Å². The smallest absolute Gasteiger partial charge is 0.368 e. The van der Waals surface area contributed by atoms with Crippen LogP contribution < -0.4 is 0 Å². The van der Waals surface area contributed by atoms with Crippen LogP contribution in [-0.2, 0) is 19.2 Å². The standard InChI is InChI=1S/C17H22N2O7S2/c1-15(2)10(13(23)24)18-11(22)9(12(18)28-15)17(14(25)26)16(3,4)27-8-5-7(21)19(8,17)6-20/h8-10,12,20H,5-6H2,1-4H3,(H-,23,24,25,26)/p+1/t8-,9-,10+,12-,17-,19?/m1/s1. The molecule has 6 atom stereocenters. The molecule has 28 heavy (non-hydrogen) atoms. The monoisotopic (exact) mass is 431 g/mol. The first-order valence-corrected chi connectivity index (χ1v) is 10.7. The fraction of sp³-hybridized carbons (Fsp3) is 0.765. The van der Waals surface area contributed by atoms with Crippen molar-refractivity contribution in [3.63, 3.8) is 0 Å². The molecule has 154 valence electrons. The van der Waals surface area contributed by atoms with E-state index >= 15 is 0 Å². The zero-order chi connectivity index (χ0) is 21.0. The summed E-state index contributed by atoms with van der Waals surface area (Å²) in [4.78, 5) is 51.8. The van der Waals surface area contributed by atoms with Crippen LogP contribution in [0.15, 0.2) is 0 Å². The summed E-state index contributed by atoms with van der Waals surface area (Å²) in [5, 5.41) is 29.2. The number of aliphatic hydroxyl groups is 1. The molecule has 1 unspecified atom stereocenters. The fourth-order valence-corrected chi connectivity index (χ4v) is 9.59. The number of hydrogen-bond acceptors (Lipinski definition) is 7. The van der Waals surface area contributed by atoms with Gasteiger partial charge in [-0.15, -0.1) is 11.8 Å². The van der Waals surface area contributed by atoms with E-state index < -0.39 is 72.7 Å². The summed E-state index contributed by atoms with van der Waals surface area (Å²) in [5.74, 6) is -4.50. The Kier molecular flexibility index (Phi) is 3.88. The highest BCUT2D eigenvalue weighted by Gasteiger charge is 2.89. The van der Waals surface area contributed by atoms with Crippen molar-refractivity contribution in [3.05, 3.63) is 0 Å². The van der Waals surface area contributed by atoms with Crippen molar-refractivity contribution < 1.29 is 39.0 Å². The lowest BCUT2D eigenvalue weighted by atomic mass is 9.65. The van der Waals surface area contributed by atoms with Gasteiger partial charge < -0.3 is 20.2 Å². The van der Waals surface area contributed by atoms with E-state index in [1.807, 2.05) is 0 Å². The summed E-state index contributed by atoms with van der Waals surface area (Å²) in [6.07, 6.45) is 0.148. The number of carboxylic acid groups (broad SMARTS) is 2. The minimum Gasteiger partial charge on any atom is -0.480 e. The number of carbonyl (C=O) groups excluding carboxylic acids is 2. The largest absolute Gasteiger partial charge is 0.480 e. The SMILES string of the molecule is CC1(C)S[C@@H]2[C@H]([C@@]3(C(=O)O)C(C)(C)S[C@@H]4CC(=O)[N+]43CO)C(=O)N2[C@H]1C(=O)O. The van der Waals surface area contributed by atoms with Crippen LogP contribution in [0.5, 0.6) is 0 Å². The molecule has 0 bridgehead atoms. The molecule has 0 aromatic rings. The first kappa shape index (κ1) is 20.0. The first-order valence-electron chi connectivity index (χ1n) is 8.97. The average Bonchev–Trinajstić information content (AvgIpc) is 2.89. The number of carboxylic acids is 2. The number of thioether (sulfide) groups is 2. The molecule has 11 heteroatoms. The maximum Gasteiger partial charge on any atom is 0.368 e. The van der Waals surface area contributed by atoms with Crippen molar-refractivity contribution in [1.29, 1.82) is 0 Å². The van der Waals surface area contributed by atoms with Gasteiger partial charge in [-0.1, -0.05) is 11.8 Å². The van der Waals surface area contributed by atoms with Gasteiger partial charge in [0.05, 0.1) is 10.1 Å². The van der Waals surface area contributed by atoms with Gasteiger partial charge in [-0.2, -0.15) is 0 Å². The molecule has 0 aromatic carbocycles. The van der Waals surface area contributed by atoms with Gasteiger partial charge in [-0.25, -0.2) is 18.9 Å². The fourth-order valence-electron chi connectivity index (χ4n) is 5.84. The maximum absolute atomic E-state index is 13.2. The second-order valence-corrected chi connectivity index (χ2v) is 12.4. The molecule has 0 aromatic heterocycles. The second-order valence-electron chi connectivity index (χ2n) is 8.84. The van der Waals surface area contributed by atoms with Crippen LogP contribution in [0.4, 0.5) is 0 Å². The van der Waals surface area contributed by atoms with E-state index in [0.29, 0.717) is 0 Å². The third-order valence-electron chi connectivity index (χ3n) is 6.94. The van der Waals surface area contributed by atoms with Crippen LogP contribution in [0.2, 0.25) is 0 Å². The Morgan fingerprint density at radius 1 is 1.18 bits per heavy atom. The van der Waals surface area contributed by atoms with Crippen LogP contribution in [0.3, 0.4) is 0 Å². The van der Waals surface area contributed by atoms with Gasteiger partial charge in [0.2, 0.25) is 11.4 Å². The van der Waals surface area contributed by atoms with Crippen molar-refractivity contribution in [2.45, 2.75) is 65.9 Å². The normalized spacial score (nSPS) is 45.1. The van der Waals surface area contributed by atoms with Crippen molar-refractivity contribution in [2.24, 2.45) is 5.92 Å². The highest BCUT2D eigenvalue weighted by molar-refractivity contribution is 8.02. The number of amides is 2. The highest BCUT2D eigenvalue weighted by atomic mass is 32.2. The number of β-lactam (4-membered cyclic amide) rings is 2. The number of quaternary nitrogens is 1. The molecule has 0 aliphatic carbocycles. The maximum atomic E-state index is 13.2. The van der Waals surface area contributed by atoms with E-state index in [0.717, 1.165) is 0 Å². The molecule has 4 heterocycles. The molecule has 4 aliphatic rings. The van der Waals surface area contributed by atoms with Crippen LogP contribution in [0.25, 0.3) is 0 Å². The molecular formula is C17H23N2O7S2+. The van der Waals surface area contributed by atoms with Crippen molar-refractivity contribution in [3.8, 4) is 0 Å². The molecule has 4 saturated heterocycles. The van der Waals surface area contributed by atoms with Crippen LogP contribution >= 0.6 is 23.5 Å². The first-order chi connectivity index (χ1) is 12.8. The average molecular weight is 432 g/mol. The lowest BCUT2D eigenvalue weighted by molar-refractivity contribution is -0.946. The lowest BCUT2D eigenvalue weighted by Gasteiger charge is -2.59. The number of aliphatic carboxylic acids is 2. The number of aliphatic hydroxyl groups excluding tert-OH is 1. The summed E-state index contributed by atoms with van der Waals surface area (Å²) >= 11 is 2.57. The molecule has 2 amide bonds. The summed E-state index contributed by atoms with van der Waals surface area (Å²) in [5.41, 5.74) is -1.86. The molecule has 4 rings (SSSR count). The van der Waals surface area contributed by atoms with E-state index in [9.17, 15) is 34.5 Å². The van der Waals surface area contributed by atoms with E-state index in [4.69, 9.17) is 0 Å². The number of fused-ring (bicyclic) bond motifs is 2. The van der Waals surface area contributed by atoms with E-state index in [2.05, 4.69) is 0 Å². The van der Waals surface area contributed by atoms with Gasteiger partial charge in [0.1, 0.15) is 18.4 Å². The minimum absolute atomic E-state index is 0.148. The quantitative estimate of drug-likeness (QED) is 0.419. The van der Waals surface area contributed by atoms with E-state index in [1.165, 1.54) is 28.4 Å². The van der Waals surface area contributed by atoms with Crippen molar-refractivity contribution >= 4 is 47.3 Å². The molecule has 4 aliphatic heterocycles. The zero-order valence-electron chi connectivity index (χ0n) is 15.9. The Bertz CT molecular complexity index is 830.